The molecule has 0 fully saturated rings. The molecule has 2 aromatic carbocycles. The predicted octanol–water partition coefficient (Wildman–Crippen LogP) is 4.27. The highest BCUT2D eigenvalue weighted by Gasteiger charge is 2.09. The first-order valence-electron chi connectivity index (χ1n) is 5.86. The SMILES string of the molecule is C[C@H](O)c1ccc(N(C)c2ccccc2)c(Br)c1. The van der Waals surface area contributed by atoms with Crippen molar-refractivity contribution in [3.8, 4) is 0 Å². The first kappa shape index (κ1) is 13.1. The van der Waals surface area contributed by atoms with E-state index in [-0.39, 0.29) is 0 Å². The van der Waals surface area contributed by atoms with Gasteiger partial charge in [0.05, 0.1) is 11.8 Å². The second kappa shape index (κ2) is 5.55. The number of aliphatic hydroxyl groups excluding tert-OH is 1. The van der Waals surface area contributed by atoms with Crippen molar-refractivity contribution in [2.75, 3.05) is 11.9 Å². The number of benzene rings is 2. The molecule has 1 atom stereocenters. The van der Waals surface area contributed by atoms with Crippen LogP contribution < -0.4 is 4.90 Å². The number of anilines is 2. The molecule has 18 heavy (non-hydrogen) atoms. The van der Waals surface area contributed by atoms with Gasteiger partial charge in [0.15, 0.2) is 0 Å². The molecule has 0 aromatic heterocycles. The molecule has 0 heterocycles. The van der Waals surface area contributed by atoms with Crippen LogP contribution in [0.5, 0.6) is 0 Å². The average Bonchev–Trinajstić information content (AvgIpc) is 2.38. The third-order valence-electron chi connectivity index (χ3n) is 2.96. The van der Waals surface area contributed by atoms with Crippen molar-refractivity contribution in [3.63, 3.8) is 0 Å². The summed E-state index contributed by atoms with van der Waals surface area (Å²) in [4.78, 5) is 2.11. The van der Waals surface area contributed by atoms with Crippen LogP contribution in [0.2, 0.25) is 0 Å². The van der Waals surface area contributed by atoms with Crippen molar-refractivity contribution in [2.45, 2.75) is 13.0 Å². The largest absolute Gasteiger partial charge is 0.389 e. The van der Waals surface area contributed by atoms with E-state index in [1.54, 1.807) is 6.92 Å². The van der Waals surface area contributed by atoms with Crippen molar-refractivity contribution in [2.24, 2.45) is 0 Å². The van der Waals surface area contributed by atoms with E-state index in [0.717, 1.165) is 21.4 Å². The number of halogens is 1. The van der Waals surface area contributed by atoms with Gasteiger partial charge >= 0.3 is 0 Å². The molecule has 2 aromatic rings. The van der Waals surface area contributed by atoms with Gasteiger partial charge in [0.25, 0.3) is 0 Å². The molecule has 2 rings (SSSR count). The molecule has 0 unspecified atom stereocenters. The Morgan fingerprint density at radius 1 is 1.11 bits per heavy atom. The first-order valence-corrected chi connectivity index (χ1v) is 6.65. The number of hydrogen-bond acceptors (Lipinski definition) is 2. The highest BCUT2D eigenvalue weighted by Crippen LogP contribution is 2.32. The lowest BCUT2D eigenvalue weighted by atomic mass is 10.1. The molecule has 0 saturated carbocycles. The fraction of sp³-hybridized carbons (Fsp3) is 0.200. The molecule has 0 spiro atoms. The third kappa shape index (κ3) is 2.74. The van der Waals surface area contributed by atoms with Gasteiger partial charge in [-0.15, -0.1) is 0 Å². The average molecular weight is 306 g/mol. The van der Waals surface area contributed by atoms with Crippen molar-refractivity contribution in [1.82, 2.24) is 0 Å². The molecule has 0 bridgehead atoms. The number of para-hydroxylation sites is 1. The number of aliphatic hydroxyl groups is 1. The van der Waals surface area contributed by atoms with E-state index < -0.39 is 6.10 Å². The molecular weight excluding hydrogens is 290 g/mol. The maximum atomic E-state index is 9.56. The van der Waals surface area contributed by atoms with Crippen LogP contribution in [0.1, 0.15) is 18.6 Å². The Bertz CT molecular complexity index is 525. The van der Waals surface area contributed by atoms with Crippen molar-refractivity contribution in [1.29, 1.82) is 0 Å². The van der Waals surface area contributed by atoms with E-state index in [4.69, 9.17) is 0 Å². The summed E-state index contributed by atoms with van der Waals surface area (Å²) in [5.74, 6) is 0. The third-order valence-corrected chi connectivity index (χ3v) is 3.59. The minimum atomic E-state index is -0.447. The quantitative estimate of drug-likeness (QED) is 0.915. The lowest BCUT2D eigenvalue weighted by Crippen LogP contribution is -2.10. The summed E-state index contributed by atoms with van der Waals surface area (Å²) < 4.78 is 0.979. The number of rotatable bonds is 3. The van der Waals surface area contributed by atoms with Crippen LogP contribution in [-0.4, -0.2) is 12.2 Å². The Morgan fingerprint density at radius 3 is 2.33 bits per heavy atom. The highest BCUT2D eigenvalue weighted by molar-refractivity contribution is 9.10. The van der Waals surface area contributed by atoms with Crippen molar-refractivity contribution < 1.29 is 5.11 Å². The lowest BCUT2D eigenvalue weighted by Gasteiger charge is -2.21. The molecule has 0 aliphatic carbocycles. The molecule has 2 nitrogen and oxygen atoms in total. The Morgan fingerprint density at radius 2 is 1.78 bits per heavy atom. The summed E-state index contributed by atoms with van der Waals surface area (Å²) in [6, 6.07) is 16.1. The zero-order chi connectivity index (χ0) is 13.1. The fourth-order valence-electron chi connectivity index (χ4n) is 1.85. The standard InChI is InChI=1S/C15H16BrNO/c1-11(18)12-8-9-15(14(16)10-12)17(2)13-6-4-3-5-7-13/h3-11,18H,1-2H3/t11-/m0/s1. The zero-order valence-corrected chi connectivity index (χ0v) is 12.1. The second-order valence-corrected chi connectivity index (χ2v) is 5.14. The normalized spacial score (nSPS) is 12.2. The lowest BCUT2D eigenvalue weighted by molar-refractivity contribution is 0.199. The van der Waals surface area contributed by atoms with Gasteiger partial charge < -0.3 is 10.0 Å². The van der Waals surface area contributed by atoms with E-state index in [1.807, 2.05) is 43.4 Å². The van der Waals surface area contributed by atoms with Crippen LogP contribution in [0.3, 0.4) is 0 Å². The van der Waals surface area contributed by atoms with E-state index >= 15 is 0 Å². The smallest absolute Gasteiger partial charge is 0.0762 e. The summed E-state index contributed by atoms with van der Waals surface area (Å²) >= 11 is 3.56. The molecule has 0 aliphatic rings. The van der Waals surface area contributed by atoms with Crippen LogP contribution >= 0.6 is 15.9 Å². The molecular formula is C15H16BrNO. The van der Waals surface area contributed by atoms with Gasteiger partial charge in [-0.25, -0.2) is 0 Å². The van der Waals surface area contributed by atoms with E-state index in [0.29, 0.717) is 0 Å². The topological polar surface area (TPSA) is 23.5 Å². The minimum Gasteiger partial charge on any atom is -0.389 e. The molecule has 94 valence electrons. The summed E-state index contributed by atoms with van der Waals surface area (Å²) in [5, 5.41) is 9.56. The van der Waals surface area contributed by atoms with Gasteiger partial charge in [-0.2, -0.15) is 0 Å². The van der Waals surface area contributed by atoms with E-state index in [9.17, 15) is 5.11 Å². The van der Waals surface area contributed by atoms with Gasteiger partial charge in [0, 0.05) is 17.2 Å². The number of hydrogen-bond donors (Lipinski definition) is 1. The molecule has 0 aliphatic heterocycles. The fourth-order valence-corrected chi connectivity index (χ4v) is 2.51. The summed E-state index contributed by atoms with van der Waals surface area (Å²) in [7, 11) is 2.03. The molecule has 0 amide bonds. The van der Waals surface area contributed by atoms with Crippen molar-refractivity contribution >= 4 is 27.3 Å². The van der Waals surface area contributed by atoms with E-state index in [2.05, 4.69) is 33.0 Å². The van der Waals surface area contributed by atoms with Gasteiger partial charge in [0.2, 0.25) is 0 Å². The first-order chi connectivity index (χ1) is 8.59. The van der Waals surface area contributed by atoms with Gasteiger partial charge in [-0.3, -0.25) is 0 Å². The molecule has 0 saturated heterocycles. The van der Waals surface area contributed by atoms with E-state index in [1.165, 1.54) is 0 Å². The Balaban J connectivity index is 2.34. The Labute approximate surface area is 116 Å². The minimum absolute atomic E-state index is 0.447. The predicted molar refractivity (Wildman–Crippen MR) is 79.3 cm³/mol. The van der Waals surface area contributed by atoms with Crippen LogP contribution in [-0.2, 0) is 0 Å². The van der Waals surface area contributed by atoms with Crippen LogP contribution in [0.15, 0.2) is 53.0 Å². The van der Waals surface area contributed by atoms with Crippen molar-refractivity contribution in [3.05, 3.63) is 58.6 Å². The summed E-state index contributed by atoms with van der Waals surface area (Å²) in [5.41, 5.74) is 3.11. The molecule has 1 N–H and O–H groups in total. The van der Waals surface area contributed by atoms with Crippen LogP contribution in [0, 0.1) is 0 Å². The van der Waals surface area contributed by atoms with Crippen LogP contribution in [0.25, 0.3) is 0 Å². The highest BCUT2D eigenvalue weighted by atomic mass is 79.9. The Hall–Kier alpha value is -1.32. The number of nitrogens with zero attached hydrogens (tertiary/aromatic N) is 1. The monoisotopic (exact) mass is 305 g/mol. The van der Waals surface area contributed by atoms with Crippen LogP contribution in [0.4, 0.5) is 11.4 Å². The van der Waals surface area contributed by atoms with Gasteiger partial charge in [0.1, 0.15) is 0 Å². The maximum Gasteiger partial charge on any atom is 0.0762 e. The van der Waals surface area contributed by atoms with Gasteiger partial charge in [-0.05, 0) is 52.7 Å². The molecule has 3 heteroatoms. The Kier molecular flexibility index (Phi) is 4.04. The van der Waals surface area contributed by atoms with Gasteiger partial charge in [-0.1, -0.05) is 24.3 Å². The maximum absolute atomic E-state index is 9.56. The summed E-state index contributed by atoms with van der Waals surface area (Å²) in [6.07, 6.45) is -0.447. The summed E-state index contributed by atoms with van der Waals surface area (Å²) in [6.45, 7) is 1.77. The zero-order valence-electron chi connectivity index (χ0n) is 10.5. The molecule has 0 radical (unpaired) electrons. The second-order valence-electron chi connectivity index (χ2n) is 4.28.